The highest BCUT2D eigenvalue weighted by atomic mass is 35.5. The third kappa shape index (κ3) is 3.68. The Kier molecular flexibility index (Phi) is 5.20. The molecule has 0 radical (unpaired) electrons. The Hall–Kier alpha value is -2.63. The highest BCUT2D eigenvalue weighted by molar-refractivity contribution is 7.17. The molecule has 0 atom stereocenters. The van der Waals surface area contributed by atoms with Gasteiger partial charge in [-0.3, -0.25) is 9.36 Å². The van der Waals surface area contributed by atoms with Gasteiger partial charge in [0.25, 0.3) is 5.56 Å². The molecule has 0 bridgehead atoms. The maximum Gasteiger partial charge on any atom is 0.262 e. The molecule has 0 unspecified atom stereocenters. The summed E-state index contributed by atoms with van der Waals surface area (Å²) in [6.07, 6.45) is 1.59. The predicted octanol–water partition coefficient (Wildman–Crippen LogP) is 5.47. The van der Waals surface area contributed by atoms with E-state index in [-0.39, 0.29) is 5.56 Å². The van der Waals surface area contributed by atoms with Crippen LogP contribution in [0.2, 0.25) is 5.02 Å². The lowest BCUT2D eigenvalue weighted by atomic mass is 10.0. The minimum Gasteiger partial charge on any atom is -0.492 e. The van der Waals surface area contributed by atoms with Crippen molar-refractivity contribution in [3.05, 3.63) is 80.7 Å². The van der Waals surface area contributed by atoms with Gasteiger partial charge in [0.05, 0.1) is 18.3 Å². The molecule has 4 rings (SSSR count). The van der Waals surface area contributed by atoms with E-state index in [9.17, 15) is 4.79 Å². The first-order valence-electron chi connectivity index (χ1n) is 8.95. The van der Waals surface area contributed by atoms with Crippen LogP contribution in [0.5, 0.6) is 5.75 Å². The molecule has 0 saturated heterocycles. The van der Waals surface area contributed by atoms with Crippen LogP contribution in [0.4, 0.5) is 0 Å². The topological polar surface area (TPSA) is 44.1 Å². The zero-order valence-electron chi connectivity index (χ0n) is 15.6. The van der Waals surface area contributed by atoms with Gasteiger partial charge in [0.1, 0.15) is 17.2 Å². The summed E-state index contributed by atoms with van der Waals surface area (Å²) in [5.41, 5.74) is 4.38. The van der Waals surface area contributed by atoms with Gasteiger partial charge in [-0.1, -0.05) is 29.8 Å². The van der Waals surface area contributed by atoms with Crippen LogP contribution in [0.1, 0.15) is 11.1 Å². The zero-order valence-corrected chi connectivity index (χ0v) is 17.2. The molecule has 2 heterocycles. The van der Waals surface area contributed by atoms with Gasteiger partial charge in [-0.05, 0) is 54.8 Å². The fourth-order valence-electron chi connectivity index (χ4n) is 3.04. The Labute approximate surface area is 172 Å². The van der Waals surface area contributed by atoms with E-state index >= 15 is 0 Å². The van der Waals surface area contributed by atoms with E-state index in [4.69, 9.17) is 16.3 Å². The number of halogens is 1. The monoisotopic (exact) mass is 410 g/mol. The number of ether oxygens (including phenoxy) is 1. The highest BCUT2D eigenvalue weighted by Gasteiger charge is 2.14. The lowest BCUT2D eigenvalue weighted by molar-refractivity contribution is 0.296. The number of hydrogen-bond donors (Lipinski definition) is 0. The van der Waals surface area contributed by atoms with E-state index in [1.807, 2.05) is 17.5 Å². The zero-order chi connectivity index (χ0) is 19.7. The van der Waals surface area contributed by atoms with Crippen LogP contribution in [0.25, 0.3) is 21.3 Å². The number of hydrogen-bond acceptors (Lipinski definition) is 4. The summed E-state index contributed by atoms with van der Waals surface area (Å²) in [5.74, 6) is 0.720. The van der Waals surface area contributed by atoms with Crippen LogP contribution in [-0.2, 0) is 6.54 Å². The molecule has 0 aliphatic heterocycles. The van der Waals surface area contributed by atoms with Crippen LogP contribution in [0.15, 0.2) is 59.0 Å². The van der Waals surface area contributed by atoms with E-state index < -0.39 is 0 Å². The molecule has 2 aromatic carbocycles. The van der Waals surface area contributed by atoms with Gasteiger partial charge in [-0.15, -0.1) is 11.3 Å². The Bertz CT molecular complexity index is 1200. The largest absolute Gasteiger partial charge is 0.492 e. The van der Waals surface area contributed by atoms with Crippen molar-refractivity contribution in [2.24, 2.45) is 0 Å². The fraction of sp³-hybridized carbons (Fsp3) is 0.182. The Balaban J connectivity index is 1.61. The first-order chi connectivity index (χ1) is 13.5. The summed E-state index contributed by atoms with van der Waals surface area (Å²) in [5, 5.41) is 3.34. The smallest absolute Gasteiger partial charge is 0.262 e. The van der Waals surface area contributed by atoms with Gasteiger partial charge < -0.3 is 4.74 Å². The molecule has 0 fully saturated rings. The van der Waals surface area contributed by atoms with Crippen molar-refractivity contribution in [1.29, 1.82) is 0 Å². The van der Waals surface area contributed by atoms with Gasteiger partial charge in [0.2, 0.25) is 0 Å². The second kappa shape index (κ2) is 7.78. The lowest BCUT2D eigenvalue weighted by Crippen LogP contribution is -2.23. The van der Waals surface area contributed by atoms with Gasteiger partial charge >= 0.3 is 0 Å². The summed E-state index contributed by atoms with van der Waals surface area (Å²) in [4.78, 5) is 18.3. The van der Waals surface area contributed by atoms with Gasteiger partial charge in [0.15, 0.2) is 0 Å². The van der Waals surface area contributed by atoms with Crippen LogP contribution in [0, 0.1) is 13.8 Å². The van der Waals surface area contributed by atoms with Crippen molar-refractivity contribution in [2.75, 3.05) is 6.61 Å². The van der Waals surface area contributed by atoms with Gasteiger partial charge in [-0.2, -0.15) is 0 Å². The van der Waals surface area contributed by atoms with Gasteiger partial charge in [0, 0.05) is 16.0 Å². The Morgan fingerprint density at radius 2 is 1.89 bits per heavy atom. The molecular weight excluding hydrogens is 392 g/mol. The fourth-order valence-corrected chi connectivity index (χ4v) is 4.07. The summed E-state index contributed by atoms with van der Waals surface area (Å²) in [7, 11) is 0. The summed E-state index contributed by atoms with van der Waals surface area (Å²) in [6, 6.07) is 13.4. The molecule has 0 aliphatic carbocycles. The molecule has 0 spiro atoms. The lowest BCUT2D eigenvalue weighted by Gasteiger charge is -2.09. The van der Waals surface area contributed by atoms with Crippen LogP contribution >= 0.6 is 22.9 Å². The number of aryl methyl sites for hydroxylation is 2. The SMILES string of the molecule is Cc1ccc(-c2csc3ncn(CCOc4ccc(Cl)cc4)c(=O)c23)cc1C. The summed E-state index contributed by atoms with van der Waals surface area (Å²) >= 11 is 7.38. The maximum atomic E-state index is 13.1. The van der Waals surface area contributed by atoms with Crippen molar-refractivity contribution >= 4 is 33.2 Å². The van der Waals surface area contributed by atoms with Crippen molar-refractivity contribution in [3.8, 4) is 16.9 Å². The minimum atomic E-state index is -0.0424. The van der Waals surface area contributed by atoms with Crippen LogP contribution in [-0.4, -0.2) is 16.2 Å². The first-order valence-corrected chi connectivity index (χ1v) is 10.2. The first kappa shape index (κ1) is 18.7. The van der Waals surface area contributed by atoms with E-state index in [0.29, 0.717) is 23.6 Å². The van der Waals surface area contributed by atoms with E-state index in [1.54, 1.807) is 23.0 Å². The quantitative estimate of drug-likeness (QED) is 0.438. The molecule has 4 nitrogen and oxygen atoms in total. The molecule has 6 heteroatoms. The second-order valence-corrected chi connectivity index (χ2v) is 7.97. The van der Waals surface area contributed by atoms with Crippen molar-refractivity contribution in [1.82, 2.24) is 9.55 Å². The molecule has 0 amide bonds. The van der Waals surface area contributed by atoms with Crippen LogP contribution in [0.3, 0.4) is 0 Å². The van der Waals surface area contributed by atoms with Crippen molar-refractivity contribution in [3.63, 3.8) is 0 Å². The van der Waals surface area contributed by atoms with E-state index in [1.165, 1.54) is 22.5 Å². The third-order valence-corrected chi connectivity index (χ3v) is 5.93. The molecule has 2 aromatic heterocycles. The number of rotatable bonds is 5. The number of thiophene rings is 1. The number of fused-ring (bicyclic) bond motifs is 1. The average Bonchev–Trinajstić information content (AvgIpc) is 3.12. The molecular formula is C22H19ClN2O2S. The molecule has 0 N–H and O–H groups in total. The molecule has 0 aliphatic rings. The predicted molar refractivity (Wildman–Crippen MR) is 116 cm³/mol. The molecule has 4 aromatic rings. The molecule has 142 valence electrons. The standard InChI is InChI=1S/C22H19ClN2O2S/c1-14-3-4-16(11-15(14)2)19-12-28-21-20(19)22(26)25(13-24-21)9-10-27-18-7-5-17(23)6-8-18/h3-8,11-13H,9-10H2,1-2H3. The minimum absolute atomic E-state index is 0.0424. The Morgan fingerprint density at radius 1 is 1.11 bits per heavy atom. The van der Waals surface area contributed by atoms with E-state index in [0.717, 1.165) is 21.7 Å². The molecule has 0 saturated carbocycles. The third-order valence-electron chi connectivity index (χ3n) is 4.79. The number of aromatic nitrogens is 2. The summed E-state index contributed by atoms with van der Waals surface area (Å²) < 4.78 is 7.32. The second-order valence-electron chi connectivity index (χ2n) is 6.67. The van der Waals surface area contributed by atoms with Gasteiger partial charge in [-0.25, -0.2) is 4.98 Å². The average molecular weight is 411 g/mol. The normalized spacial score (nSPS) is 11.1. The highest BCUT2D eigenvalue weighted by Crippen LogP contribution is 2.31. The number of nitrogens with zero attached hydrogens (tertiary/aromatic N) is 2. The summed E-state index contributed by atoms with van der Waals surface area (Å²) in [6.45, 7) is 4.96. The van der Waals surface area contributed by atoms with Crippen molar-refractivity contribution < 1.29 is 4.74 Å². The Morgan fingerprint density at radius 3 is 2.64 bits per heavy atom. The van der Waals surface area contributed by atoms with Crippen molar-refractivity contribution in [2.45, 2.75) is 20.4 Å². The molecule has 28 heavy (non-hydrogen) atoms. The number of benzene rings is 2. The maximum absolute atomic E-state index is 13.1. The van der Waals surface area contributed by atoms with Crippen LogP contribution < -0.4 is 10.3 Å². The van der Waals surface area contributed by atoms with E-state index in [2.05, 4.69) is 37.0 Å².